The van der Waals surface area contributed by atoms with Crippen LogP contribution in [0.25, 0.3) is 11.0 Å². The van der Waals surface area contributed by atoms with Gasteiger partial charge >= 0.3 is 5.97 Å². The highest BCUT2D eigenvalue weighted by molar-refractivity contribution is 7.89. The summed E-state index contributed by atoms with van der Waals surface area (Å²) < 4.78 is 33.3. The van der Waals surface area contributed by atoms with Gasteiger partial charge in [0.15, 0.2) is 6.10 Å². The molecule has 32 heavy (non-hydrogen) atoms. The number of aromatic nitrogens is 2. The Bertz CT molecular complexity index is 1090. The minimum atomic E-state index is -3.56. The number of benzene rings is 1. The smallest absolute Gasteiger partial charge is 0.307 e. The molecule has 1 fully saturated rings. The number of carbonyl (C=O) groups excluding carboxylic acids is 2. The number of sulfonamides is 1. The molecule has 0 N–H and O–H groups in total. The number of rotatable bonds is 8. The topological polar surface area (TPSA) is 102 Å². The maximum atomic E-state index is 12.5. The molecule has 0 bridgehead atoms. The molecule has 10 heteroatoms. The summed E-state index contributed by atoms with van der Waals surface area (Å²) in [7, 11) is -0.593. The van der Waals surface area contributed by atoms with Gasteiger partial charge in [-0.1, -0.05) is 0 Å². The summed E-state index contributed by atoms with van der Waals surface area (Å²) in [6.07, 6.45) is 2.71. The lowest BCUT2D eigenvalue weighted by Gasteiger charge is -2.28. The maximum absolute atomic E-state index is 12.5. The molecule has 1 unspecified atom stereocenters. The van der Waals surface area contributed by atoms with Crippen molar-refractivity contribution in [2.75, 3.05) is 27.2 Å². The van der Waals surface area contributed by atoms with E-state index in [1.807, 2.05) is 11.5 Å². The zero-order valence-corrected chi connectivity index (χ0v) is 20.0. The SMILES string of the molecule is CCn1c(CCC(=O)OC(C)C(=O)N2CCCCC2)nc2cc(S(=O)(=O)N(C)C)ccc21. The Balaban J connectivity index is 1.68. The molecule has 1 aromatic carbocycles. The molecule has 3 rings (SSSR count). The van der Waals surface area contributed by atoms with E-state index in [1.165, 1.54) is 14.1 Å². The summed E-state index contributed by atoms with van der Waals surface area (Å²) in [4.78, 5) is 31.3. The van der Waals surface area contributed by atoms with Crippen LogP contribution in [0, 0.1) is 0 Å². The van der Waals surface area contributed by atoms with E-state index >= 15 is 0 Å². The van der Waals surface area contributed by atoms with Crippen molar-refractivity contribution in [1.82, 2.24) is 18.8 Å². The molecule has 176 valence electrons. The summed E-state index contributed by atoms with van der Waals surface area (Å²) in [6, 6.07) is 4.86. The molecule has 1 saturated heterocycles. The van der Waals surface area contributed by atoms with E-state index in [4.69, 9.17) is 4.74 Å². The zero-order valence-electron chi connectivity index (χ0n) is 19.2. The van der Waals surface area contributed by atoms with Crippen LogP contribution < -0.4 is 0 Å². The average Bonchev–Trinajstić information content (AvgIpc) is 3.14. The van der Waals surface area contributed by atoms with E-state index in [0.717, 1.165) is 29.1 Å². The van der Waals surface area contributed by atoms with Crippen molar-refractivity contribution < 1.29 is 22.7 Å². The van der Waals surface area contributed by atoms with Gasteiger partial charge in [0.05, 0.1) is 22.3 Å². The Kier molecular flexibility index (Phi) is 7.55. The first-order chi connectivity index (χ1) is 15.1. The normalized spacial score (nSPS) is 15.8. The van der Waals surface area contributed by atoms with Crippen LogP contribution in [0.2, 0.25) is 0 Å². The maximum Gasteiger partial charge on any atom is 0.307 e. The molecule has 1 aromatic heterocycles. The Morgan fingerprint density at radius 3 is 2.50 bits per heavy atom. The number of carbonyl (C=O) groups is 2. The molecule has 1 aliphatic rings. The highest BCUT2D eigenvalue weighted by Crippen LogP contribution is 2.23. The average molecular weight is 465 g/mol. The van der Waals surface area contributed by atoms with Crippen molar-refractivity contribution in [2.45, 2.75) is 63.5 Å². The molecule has 0 saturated carbocycles. The van der Waals surface area contributed by atoms with Gasteiger partial charge in [-0.25, -0.2) is 17.7 Å². The Morgan fingerprint density at radius 1 is 1.19 bits per heavy atom. The van der Waals surface area contributed by atoms with Crippen molar-refractivity contribution in [1.29, 1.82) is 0 Å². The second-order valence-corrected chi connectivity index (χ2v) is 10.4. The highest BCUT2D eigenvalue weighted by Gasteiger charge is 2.25. The second kappa shape index (κ2) is 9.99. The third-order valence-electron chi connectivity index (χ3n) is 5.77. The summed E-state index contributed by atoms with van der Waals surface area (Å²) in [6.45, 7) is 5.64. The largest absolute Gasteiger partial charge is 0.453 e. The van der Waals surface area contributed by atoms with E-state index in [9.17, 15) is 18.0 Å². The van der Waals surface area contributed by atoms with Gasteiger partial charge in [0, 0.05) is 40.2 Å². The number of imidazole rings is 1. The van der Waals surface area contributed by atoms with Crippen LogP contribution >= 0.6 is 0 Å². The van der Waals surface area contributed by atoms with E-state index in [1.54, 1.807) is 30.0 Å². The van der Waals surface area contributed by atoms with E-state index in [-0.39, 0.29) is 17.2 Å². The number of amides is 1. The zero-order chi connectivity index (χ0) is 23.5. The van der Waals surface area contributed by atoms with Crippen molar-refractivity contribution in [3.63, 3.8) is 0 Å². The van der Waals surface area contributed by atoms with E-state index in [0.29, 0.717) is 37.4 Å². The first-order valence-corrected chi connectivity index (χ1v) is 12.5. The van der Waals surface area contributed by atoms with Gasteiger partial charge < -0.3 is 14.2 Å². The van der Waals surface area contributed by atoms with Crippen LogP contribution in [0.15, 0.2) is 23.1 Å². The number of piperidine rings is 1. The van der Waals surface area contributed by atoms with Crippen molar-refractivity contribution in [2.24, 2.45) is 0 Å². The van der Waals surface area contributed by atoms with E-state index in [2.05, 4.69) is 4.98 Å². The Hall–Kier alpha value is -2.46. The predicted octanol–water partition coefficient (Wildman–Crippen LogP) is 2.18. The molecular formula is C22H32N4O5S. The molecule has 1 aliphatic heterocycles. The quantitative estimate of drug-likeness (QED) is 0.555. The summed E-state index contributed by atoms with van der Waals surface area (Å²) >= 11 is 0. The molecule has 1 atom stereocenters. The van der Waals surface area contributed by atoms with Gasteiger partial charge in [-0.3, -0.25) is 9.59 Å². The van der Waals surface area contributed by atoms with Crippen LogP contribution in [0.4, 0.5) is 0 Å². The van der Waals surface area contributed by atoms with Crippen LogP contribution in [0.3, 0.4) is 0 Å². The number of ether oxygens (including phenoxy) is 1. The molecule has 0 spiro atoms. The number of esters is 1. The van der Waals surface area contributed by atoms with Crippen LogP contribution in [-0.4, -0.2) is 72.3 Å². The van der Waals surface area contributed by atoms with Gasteiger partial charge in [0.25, 0.3) is 5.91 Å². The fourth-order valence-corrected chi connectivity index (χ4v) is 4.89. The van der Waals surface area contributed by atoms with Crippen molar-refractivity contribution >= 4 is 32.9 Å². The fourth-order valence-electron chi connectivity index (χ4n) is 3.97. The molecule has 9 nitrogen and oxygen atoms in total. The lowest BCUT2D eigenvalue weighted by atomic mass is 10.1. The molecule has 0 radical (unpaired) electrons. The minimum absolute atomic E-state index is 0.0871. The third-order valence-corrected chi connectivity index (χ3v) is 7.58. The lowest BCUT2D eigenvalue weighted by Crippen LogP contribution is -2.42. The van der Waals surface area contributed by atoms with Gasteiger partial charge in [-0.2, -0.15) is 0 Å². The number of likely N-dealkylation sites (tertiary alicyclic amines) is 1. The Morgan fingerprint density at radius 2 is 1.88 bits per heavy atom. The second-order valence-electron chi connectivity index (χ2n) is 8.23. The number of hydrogen-bond acceptors (Lipinski definition) is 6. The van der Waals surface area contributed by atoms with Crippen LogP contribution in [0.5, 0.6) is 0 Å². The van der Waals surface area contributed by atoms with Gasteiger partial charge in [0.2, 0.25) is 10.0 Å². The number of hydrogen-bond donors (Lipinski definition) is 0. The molecule has 0 aliphatic carbocycles. The van der Waals surface area contributed by atoms with Crippen molar-refractivity contribution in [3.05, 3.63) is 24.0 Å². The summed E-state index contributed by atoms with van der Waals surface area (Å²) in [5.41, 5.74) is 1.37. The summed E-state index contributed by atoms with van der Waals surface area (Å²) in [5.74, 6) is 0.0794. The number of nitrogens with zero attached hydrogens (tertiary/aromatic N) is 4. The number of fused-ring (bicyclic) bond motifs is 1. The summed E-state index contributed by atoms with van der Waals surface area (Å²) in [5, 5.41) is 0. The lowest BCUT2D eigenvalue weighted by molar-refractivity contribution is -0.159. The first kappa shape index (κ1) is 24.2. The molecule has 2 aromatic rings. The van der Waals surface area contributed by atoms with Gasteiger partial charge in [-0.15, -0.1) is 0 Å². The third kappa shape index (κ3) is 5.12. The van der Waals surface area contributed by atoms with Gasteiger partial charge in [0.1, 0.15) is 5.82 Å². The fraction of sp³-hybridized carbons (Fsp3) is 0.591. The van der Waals surface area contributed by atoms with Crippen LogP contribution in [-0.2, 0) is 37.3 Å². The van der Waals surface area contributed by atoms with Crippen molar-refractivity contribution in [3.8, 4) is 0 Å². The van der Waals surface area contributed by atoms with Crippen LogP contribution in [0.1, 0.15) is 45.4 Å². The highest BCUT2D eigenvalue weighted by atomic mass is 32.2. The van der Waals surface area contributed by atoms with Gasteiger partial charge in [-0.05, 0) is 51.3 Å². The first-order valence-electron chi connectivity index (χ1n) is 11.0. The molecule has 1 amide bonds. The predicted molar refractivity (Wildman–Crippen MR) is 121 cm³/mol. The van der Waals surface area contributed by atoms with E-state index < -0.39 is 22.1 Å². The molecule has 2 heterocycles. The Labute approximate surface area is 189 Å². The minimum Gasteiger partial charge on any atom is -0.453 e. The molecular weight excluding hydrogens is 432 g/mol. The number of aryl methyl sites for hydroxylation is 2. The monoisotopic (exact) mass is 464 g/mol. The standard InChI is InChI=1S/C22H32N4O5S/c1-5-26-19-10-9-17(32(29,30)24(3)4)15-18(19)23-20(26)11-12-21(27)31-16(2)22(28)25-13-7-6-8-14-25/h9-10,15-16H,5-8,11-14H2,1-4H3.